The summed E-state index contributed by atoms with van der Waals surface area (Å²) in [5, 5.41) is 4.68. The number of hydrogen-bond acceptors (Lipinski definition) is 2. The lowest BCUT2D eigenvalue weighted by Crippen LogP contribution is -2.06. The Balaban J connectivity index is 2.58. The van der Waals surface area contributed by atoms with E-state index in [4.69, 9.17) is 0 Å². The number of nitrogens with one attached hydrogen (secondary N) is 1. The van der Waals surface area contributed by atoms with Crippen molar-refractivity contribution in [2.24, 2.45) is 0 Å². The topological polar surface area (TPSA) is 12.0 Å². The van der Waals surface area contributed by atoms with Crippen molar-refractivity contribution >= 4 is 11.8 Å². The summed E-state index contributed by atoms with van der Waals surface area (Å²) in [5.74, 6) is 0. The van der Waals surface area contributed by atoms with Crippen molar-refractivity contribution in [3.05, 3.63) is 23.9 Å². The third kappa shape index (κ3) is 1.30. The van der Waals surface area contributed by atoms with Crippen LogP contribution < -0.4 is 5.32 Å². The van der Waals surface area contributed by atoms with Crippen LogP contribution in [0.5, 0.6) is 0 Å². The Morgan fingerprint density at radius 2 is 2.33 bits per heavy atom. The minimum Gasteiger partial charge on any atom is -0.354 e. The highest BCUT2D eigenvalue weighted by atomic mass is 32.2. The molecule has 1 aliphatic rings. The van der Waals surface area contributed by atoms with Gasteiger partial charge in [0, 0.05) is 5.70 Å². The van der Waals surface area contributed by atoms with Gasteiger partial charge in [-0.05, 0) is 6.42 Å². The van der Waals surface area contributed by atoms with E-state index in [0.717, 1.165) is 17.1 Å². The van der Waals surface area contributed by atoms with Crippen LogP contribution in [0.2, 0.25) is 0 Å². The second kappa shape index (κ2) is 2.48. The molecule has 1 atom stereocenters. The second-order valence-corrected chi connectivity index (χ2v) is 3.39. The molecule has 0 aromatic heterocycles. The molecule has 0 amide bonds. The summed E-state index contributed by atoms with van der Waals surface area (Å²) in [6, 6.07) is 0. The van der Waals surface area contributed by atoms with Crippen molar-refractivity contribution < 1.29 is 0 Å². The van der Waals surface area contributed by atoms with Crippen molar-refractivity contribution in [3.8, 4) is 0 Å². The van der Waals surface area contributed by atoms with E-state index in [1.807, 2.05) is 0 Å². The molecule has 0 aliphatic carbocycles. The molecule has 2 heteroatoms. The first-order valence-electron chi connectivity index (χ1n) is 3.05. The van der Waals surface area contributed by atoms with E-state index >= 15 is 0 Å². The molecule has 0 radical (unpaired) electrons. The summed E-state index contributed by atoms with van der Waals surface area (Å²) in [6.45, 7) is 9.81. The fourth-order valence-corrected chi connectivity index (χ4v) is 1.76. The molecule has 0 aromatic rings. The van der Waals surface area contributed by atoms with Crippen molar-refractivity contribution in [1.82, 2.24) is 5.32 Å². The maximum atomic E-state index is 3.86. The first-order chi connectivity index (χ1) is 4.24. The van der Waals surface area contributed by atoms with Crippen molar-refractivity contribution in [2.75, 3.05) is 0 Å². The van der Waals surface area contributed by atoms with Gasteiger partial charge >= 0.3 is 0 Å². The van der Waals surface area contributed by atoms with Crippen molar-refractivity contribution in [2.45, 2.75) is 18.6 Å². The van der Waals surface area contributed by atoms with Crippen LogP contribution in [0, 0.1) is 0 Å². The van der Waals surface area contributed by atoms with Gasteiger partial charge in [-0.1, -0.05) is 31.8 Å². The SMILES string of the molecule is C=C1NC(=C)C(CC)S1. The van der Waals surface area contributed by atoms with E-state index in [2.05, 4.69) is 25.4 Å². The Kier molecular flexibility index (Phi) is 1.86. The Morgan fingerprint density at radius 3 is 2.56 bits per heavy atom. The van der Waals surface area contributed by atoms with E-state index in [9.17, 15) is 0 Å². The van der Waals surface area contributed by atoms with E-state index in [0.29, 0.717) is 5.25 Å². The highest BCUT2D eigenvalue weighted by molar-refractivity contribution is 8.04. The summed E-state index contributed by atoms with van der Waals surface area (Å²) in [7, 11) is 0. The third-order valence-electron chi connectivity index (χ3n) is 1.34. The summed E-state index contributed by atoms with van der Waals surface area (Å²) in [5.41, 5.74) is 1.10. The molecule has 1 nitrogen and oxygen atoms in total. The maximum absolute atomic E-state index is 3.86. The zero-order valence-electron chi connectivity index (χ0n) is 5.61. The number of thioether (sulfide) groups is 1. The van der Waals surface area contributed by atoms with Crippen LogP contribution in [0.3, 0.4) is 0 Å². The second-order valence-electron chi connectivity index (χ2n) is 2.09. The van der Waals surface area contributed by atoms with Crippen LogP contribution in [0.1, 0.15) is 13.3 Å². The molecule has 9 heavy (non-hydrogen) atoms. The molecule has 1 aliphatic heterocycles. The number of hydrogen-bond donors (Lipinski definition) is 1. The van der Waals surface area contributed by atoms with Gasteiger partial charge in [0.25, 0.3) is 0 Å². The van der Waals surface area contributed by atoms with E-state index in [-0.39, 0.29) is 0 Å². The summed E-state index contributed by atoms with van der Waals surface area (Å²) in [6.07, 6.45) is 1.13. The standard InChI is InChI=1S/C7H11NS/c1-4-7-5(2)8-6(3)9-7/h7-8H,2-4H2,1H3. The quantitative estimate of drug-likeness (QED) is 0.600. The smallest absolute Gasteiger partial charge is 0.0656 e. The maximum Gasteiger partial charge on any atom is 0.0656 e. The molecule has 1 fully saturated rings. The monoisotopic (exact) mass is 141 g/mol. The van der Waals surface area contributed by atoms with Gasteiger partial charge in [0.1, 0.15) is 0 Å². The largest absolute Gasteiger partial charge is 0.354 e. The fourth-order valence-electron chi connectivity index (χ4n) is 0.862. The Morgan fingerprint density at radius 1 is 1.67 bits per heavy atom. The van der Waals surface area contributed by atoms with E-state index in [1.54, 1.807) is 11.8 Å². The minimum atomic E-state index is 0.553. The van der Waals surface area contributed by atoms with Crippen molar-refractivity contribution in [1.29, 1.82) is 0 Å². The molecule has 50 valence electrons. The van der Waals surface area contributed by atoms with Gasteiger partial charge in [0.15, 0.2) is 0 Å². The van der Waals surface area contributed by atoms with Gasteiger partial charge in [-0.25, -0.2) is 0 Å². The van der Waals surface area contributed by atoms with Crippen LogP contribution in [0.4, 0.5) is 0 Å². The van der Waals surface area contributed by atoms with Gasteiger partial charge in [-0.2, -0.15) is 0 Å². The summed E-state index contributed by atoms with van der Waals surface area (Å²) in [4.78, 5) is 0. The van der Waals surface area contributed by atoms with Crippen molar-refractivity contribution in [3.63, 3.8) is 0 Å². The van der Waals surface area contributed by atoms with Gasteiger partial charge in [-0.15, -0.1) is 0 Å². The zero-order chi connectivity index (χ0) is 6.85. The zero-order valence-corrected chi connectivity index (χ0v) is 6.42. The molecule has 0 bridgehead atoms. The molecule has 0 aromatic carbocycles. The Labute approximate surface area is 60.2 Å². The van der Waals surface area contributed by atoms with Crippen LogP contribution in [0.15, 0.2) is 23.9 Å². The predicted molar refractivity (Wildman–Crippen MR) is 43.1 cm³/mol. The Hall–Kier alpha value is -0.370. The molecule has 1 N–H and O–H groups in total. The highest BCUT2D eigenvalue weighted by Crippen LogP contribution is 2.32. The molecule has 1 saturated heterocycles. The minimum absolute atomic E-state index is 0.553. The summed E-state index contributed by atoms with van der Waals surface area (Å²) >= 11 is 1.77. The van der Waals surface area contributed by atoms with Crippen LogP contribution in [-0.4, -0.2) is 5.25 Å². The molecule has 1 rings (SSSR count). The number of rotatable bonds is 1. The first kappa shape index (κ1) is 6.75. The van der Waals surface area contributed by atoms with E-state index < -0.39 is 0 Å². The molecule has 0 saturated carbocycles. The van der Waals surface area contributed by atoms with E-state index in [1.165, 1.54) is 0 Å². The van der Waals surface area contributed by atoms with Gasteiger partial charge in [-0.3, -0.25) is 0 Å². The third-order valence-corrected chi connectivity index (χ3v) is 2.63. The average Bonchev–Trinajstić information content (AvgIpc) is 2.10. The summed E-state index contributed by atoms with van der Waals surface area (Å²) < 4.78 is 0. The molecule has 1 unspecified atom stereocenters. The van der Waals surface area contributed by atoms with Gasteiger partial charge < -0.3 is 5.32 Å². The van der Waals surface area contributed by atoms with Gasteiger partial charge in [0.05, 0.1) is 10.3 Å². The lowest BCUT2D eigenvalue weighted by Gasteiger charge is -2.01. The predicted octanol–water partition coefficient (Wildman–Crippen LogP) is 2.09. The first-order valence-corrected chi connectivity index (χ1v) is 3.93. The van der Waals surface area contributed by atoms with Gasteiger partial charge in [0.2, 0.25) is 0 Å². The molecular weight excluding hydrogens is 130 g/mol. The normalized spacial score (nSPS) is 26.6. The lowest BCUT2D eigenvalue weighted by molar-refractivity contribution is 0.888. The fraction of sp³-hybridized carbons (Fsp3) is 0.429. The van der Waals surface area contributed by atoms with Crippen LogP contribution >= 0.6 is 11.8 Å². The molecular formula is C7H11NS. The lowest BCUT2D eigenvalue weighted by atomic mass is 10.3. The van der Waals surface area contributed by atoms with Crippen LogP contribution in [-0.2, 0) is 0 Å². The highest BCUT2D eigenvalue weighted by Gasteiger charge is 2.19. The molecule has 1 heterocycles. The van der Waals surface area contributed by atoms with Crippen LogP contribution in [0.25, 0.3) is 0 Å². The average molecular weight is 141 g/mol. The molecule has 0 spiro atoms. The Bertz CT molecular complexity index is 151.